The van der Waals surface area contributed by atoms with Crippen LogP contribution in [0.3, 0.4) is 0 Å². The lowest BCUT2D eigenvalue weighted by atomic mass is 9.97. The maximum absolute atomic E-state index is 6.85. The Bertz CT molecular complexity index is 3160. The molecule has 11 aromatic rings. The molecular formula is C47H28N2O2. The van der Waals surface area contributed by atoms with E-state index in [-0.39, 0.29) is 0 Å². The fourth-order valence-electron chi connectivity index (χ4n) is 7.91. The molecule has 2 aromatic heterocycles. The molecule has 0 amide bonds. The lowest BCUT2D eigenvalue weighted by molar-refractivity contribution is 0.624. The molecule has 0 unspecified atom stereocenters. The number of furan rings is 1. The van der Waals surface area contributed by atoms with Gasteiger partial charge in [-0.15, -0.1) is 0 Å². The van der Waals surface area contributed by atoms with Gasteiger partial charge in [-0.3, -0.25) is 0 Å². The Hall–Kier alpha value is -6.91. The predicted octanol–water partition coefficient (Wildman–Crippen LogP) is 13.5. The van der Waals surface area contributed by atoms with Crippen molar-refractivity contribution < 1.29 is 8.83 Å². The minimum Gasteiger partial charge on any atom is -0.454 e. The zero-order valence-electron chi connectivity index (χ0n) is 27.4. The van der Waals surface area contributed by atoms with E-state index in [0.29, 0.717) is 5.89 Å². The number of oxazole rings is 1. The summed E-state index contributed by atoms with van der Waals surface area (Å²) in [5, 5.41) is 11.3. The first-order valence-electron chi connectivity index (χ1n) is 17.2. The van der Waals surface area contributed by atoms with Crippen molar-refractivity contribution in [3.05, 3.63) is 170 Å². The number of nitrogens with zero attached hydrogens (tertiary/aromatic N) is 2. The van der Waals surface area contributed by atoms with Crippen LogP contribution < -0.4 is 4.90 Å². The largest absolute Gasteiger partial charge is 0.454 e. The van der Waals surface area contributed by atoms with Gasteiger partial charge in [-0.2, -0.15) is 0 Å². The van der Waals surface area contributed by atoms with Gasteiger partial charge < -0.3 is 13.7 Å². The van der Waals surface area contributed by atoms with Gasteiger partial charge in [-0.05, 0) is 86.2 Å². The van der Waals surface area contributed by atoms with Crippen LogP contribution in [0.15, 0.2) is 179 Å². The number of rotatable bonds is 4. The molecule has 4 heteroatoms. The molecule has 9 aromatic carbocycles. The maximum Gasteiger partial charge on any atom is 0.227 e. The molecule has 0 saturated carbocycles. The highest BCUT2D eigenvalue weighted by molar-refractivity contribution is 6.20. The Morgan fingerprint density at radius 1 is 0.412 bits per heavy atom. The topological polar surface area (TPSA) is 42.4 Å². The molecule has 11 rings (SSSR count). The smallest absolute Gasteiger partial charge is 0.227 e. The fraction of sp³-hybridized carbons (Fsp3) is 0. The van der Waals surface area contributed by atoms with Crippen molar-refractivity contribution in [2.45, 2.75) is 0 Å². The summed E-state index contributed by atoms with van der Waals surface area (Å²) < 4.78 is 13.4. The van der Waals surface area contributed by atoms with E-state index in [1.165, 1.54) is 10.8 Å². The minimum absolute atomic E-state index is 0.620. The van der Waals surface area contributed by atoms with Crippen LogP contribution in [0, 0.1) is 0 Å². The van der Waals surface area contributed by atoms with E-state index in [1.807, 2.05) is 18.2 Å². The normalized spacial score (nSPS) is 11.9. The fourth-order valence-corrected chi connectivity index (χ4v) is 7.91. The van der Waals surface area contributed by atoms with E-state index in [1.54, 1.807) is 0 Å². The van der Waals surface area contributed by atoms with E-state index in [9.17, 15) is 0 Å². The highest BCUT2D eigenvalue weighted by Gasteiger charge is 2.21. The van der Waals surface area contributed by atoms with Crippen molar-refractivity contribution in [3.8, 4) is 11.5 Å². The van der Waals surface area contributed by atoms with E-state index in [2.05, 4.69) is 157 Å². The van der Waals surface area contributed by atoms with E-state index in [4.69, 9.17) is 13.8 Å². The van der Waals surface area contributed by atoms with Gasteiger partial charge in [0.15, 0.2) is 11.2 Å². The Morgan fingerprint density at radius 2 is 1.12 bits per heavy atom. The highest BCUT2D eigenvalue weighted by atomic mass is 16.3. The summed E-state index contributed by atoms with van der Waals surface area (Å²) in [6.07, 6.45) is 0. The van der Waals surface area contributed by atoms with Crippen LogP contribution in [0.1, 0.15) is 0 Å². The Balaban J connectivity index is 1.16. The molecule has 238 valence electrons. The van der Waals surface area contributed by atoms with Crippen LogP contribution in [0.4, 0.5) is 17.1 Å². The van der Waals surface area contributed by atoms with E-state index in [0.717, 1.165) is 88.0 Å². The first-order chi connectivity index (χ1) is 25.3. The lowest BCUT2D eigenvalue weighted by Crippen LogP contribution is -2.10. The molecule has 0 fully saturated rings. The maximum atomic E-state index is 6.85. The van der Waals surface area contributed by atoms with Crippen LogP contribution in [0.2, 0.25) is 0 Å². The zero-order valence-corrected chi connectivity index (χ0v) is 27.4. The molecular weight excluding hydrogens is 625 g/mol. The van der Waals surface area contributed by atoms with Gasteiger partial charge in [-0.25, -0.2) is 4.98 Å². The van der Waals surface area contributed by atoms with Crippen LogP contribution in [-0.4, -0.2) is 4.98 Å². The third kappa shape index (κ3) is 4.23. The second-order valence-electron chi connectivity index (χ2n) is 13.1. The molecule has 2 heterocycles. The van der Waals surface area contributed by atoms with Gasteiger partial charge in [0, 0.05) is 33.1 Å². The number of fused-ring (bicyclic) bond motifs is 11. The van der Waals surface area contributed by atoms with Gasteiger partial charge in [0.1, 0.15) is 11.1 Å². The van der Waals surface area contributed by atoms with Crippen LogP contribution in [0.5, 0.6) is 0 Å². The zero-order chi connectivity index (χ0) is 33.5. The Morgan fingerprint density at radius 3 is 2.02 bits per heavy atom. The molecule has 0 aliphatic carbocycles. The molecule has 4 nitrogen and oxygen atoms in total. The molecule has 0 bridgehead atoms. The van der Waals surface area contributed by atoms with Crippen molar-refractivity contribution in [3.63, 3.8) is 0 Å². The highest BCUT2D eigenvalue weighted by Crippen LogP contribution is 2.44. The SMILES string of the molecule is c1ccc(N(c2ccc3ccc4ccc5nc(-c6cc7ccccc7c7ccccc67)oc5c4c3c2)c2cccc3c2oc2ccccc23)cc1. The van der Waals surface area contributed by atoms with E-state index >= 15 is 0 Å². The summed E-state index contributed by atoms with van der Waals surface area (Å²) in [5.41, 5.74) is 7.37. The third-order valence-electron chi connectivity index (χ3n) is 10.2. The number of benzene rings is 9. The summed E-state index contributed by atoms with van der Waals surface area (Å²) >= 11 is 0. The second kappa shape index (κ2) is 10.8. The third-order valence-corrected chi connectivity index (χ3v) is 10.2. The number of anilines is 3. The first kappa shape index (κ1) is 28.0. The van der Waals surface area contributed by atoms with Gasteiger partial charge in [0.05, 0.1) is 5.69 Å². The summed E-state index contributed by atoms with van der Waals surface area (Å²) in [4.78, 5) is 7.40. The minimum atomic E-state index is 0.620. The quantitative estimate of drug-likeness (QED) is 0.177. The van der Waals surface area contributed by atoms with Gasteiger partial charge in [-0.1, -0.05) is 121 Å². The summed E-state index contributed by atoms with van der Waals surface area (Å²) in [6, 6.07) is 59.6. The van der Waals surface area contributed by atoms with Crippen LogP contribution in [0.25, 0.3) is 87.6 Å². The number of hydrogen-bond acceptors (Lipinski definition) is 4. The first-order valence-corrected chi connectivity index (χ1v) is 17.2. The average Bonchev–Trinajstić information content (AvgIpc) is 3.80. The van der Waals surface area contributed by atoms with Gasteiger partial charge in [0.25, 0.3) is 0 Å². The molecule has 51 heavy (non-hydrogen) atoms. The van der Waals surface area contributed by atoms with Crippen molar-refractivity contribution in [1.82, 2.24) is 4.98 Å². The molecule has 0 radical (unpaired) electrons. The summed E-state index contributed by atoms with van der Waals surface area (Å²) in [6.45, 7) is 0. The van der Waals surface area contributed by atoms with Crippen molar-refractivity contribution in [1.29, 1.82) is 0 Å². The molecule has 0 aliphatic rings. The van der Waals surface area contributed by atoms with Crippen molar-refractivity contribution in [2.24, 2.45) is 0 Å². The summed E-state index contributed by atoms with van der Waals surface area (Å²) in [7, 11) is 0. The number of para-hydroxylation sites is 3. The second-order valence-corrected chi connectivity index (χ2v) is 13.1. The van der Waals surface area contributed by atoms with Crippen molar-refractivity contribution >= 4 is 93.2 Å². The number of hydrogen-bond donors (Lipinski definition) is 0. The molecule has 0 N–H and O–H groups in total. The van der Waals surface area contributed by atoms with Crippen LogP contribution in [-0.2, 0) is 0 Å². The number of aromatic nitrogens is 1. The standard InChI is InChI=1S/C47H28N2O2/c1-2-12-32(13-3-1)49(42-19-10-18-38-37-17-8-9-20-43(37)50-45(38)42)33-25-23-29-21-22-30-24-26-41-46(44(30)39(29)28-33)51-47(48-41)40-27-31-11-4-5-14-34(31)35-15-6-7-16-36(35)40/h1-28H. The van der Waals surface area contributed by atoms with Gasteiger partial charge in [0.2, 0.25) is 5.89 Å². The molecule has 0 atom stereocenters. The molecule has 0 spiro atoms. The Labute approximate surface area is 292 Å². The van der Waals surface area contributed by atoms with Crippen molar-refractivity contribution in [2.75, 3.05) is 4.90 Å². The van der Waals surface area contributed by atoms with Crippen LogP contribution >= 0.6 is 0 Å². The molecule has 0 aliphatic heterocycles. The summed E-state index contributed by atoms with van der Waals surface area (Å²) in [5.74, 6) is 0.620. The Kier molecular flexibility index (Phi) is 5.92. The lowest BCUT2D eigenvalue weighted by Gasteiger charge is -2.26. The predicted molar refractivity (Wildman–Crippen MR) is 211 cm³/mol. The monoisotopic (exact) mass is 652 g/mol. The molecule has 0 saturated heterocycles. The van der Waals surface area contributed by atoms with Gasteiger partial charge >= 0.3 is 0 Å². The average molecular weight is 653 g/mol. The van der Waals surface area contributed by atoms with E-state index < -0.39 is 0 Å².